The molecule has 1 N–H and O–H groups in total. The van der Waals surface area contributed by atoms with Gasteiger partial charge in [0.05, 0.1) is 4.91 Å². The summed E-state index contributed by atoms with van der Waals surface area (Å²) in [6, 6.07) is 13.6. The Balaban J connectivity index is 1.56. The van der Waals surface area contributed by atoms with Gasteiger partial charge in [-0.25, -0.2) is 0 Å². The van der Waals surface area contributed by atoms with Crippen molar-refractivity contribution in [3.63, 3.8) is 0 Å². The van der Waals surface area contributed by atoms with Gasteiger partial charge in [0.25, 0.3) is 11.1 Å². The van der Waals surface area contributed by atoms with E-state index in [9.17, 15) is 14.4 Å². The third-order valence-corrected chi connectivity index (χ3v) is 6.31. The number of nitrogens with one attached hydrogen (secondary N) is 1. The molecular weight excluding hydrogens is 410 g/mol. The molecule has 0 unspecified atom stereocenters. The molecule has 1 aliphatic rings. The number of rotatable bonds is 4. The number of carbonyl (C=O) groups is 3. The molecule has 0 atom stereocenters. The topological polar surface area (TPSA) is 71.4 Å². The molecule has 1 aromatic heterocycles. The fraction of sp³-hybridized carbons (Fsp3) is 0.208. The number of amides is 3. The number of thioether (sulfide) groups is 1. The quantitative estimate of drug-likeness (QED) is 0.601. The molecule has 2 aromatic carbocycles. The van der Waals surface area contributed by atoms with E-state index in [0.717, 1.165) is 49.9 Å². The van der Waals surface area contributed by atoms with Gasteiger partial charge in [0.1, 0.15) is 6.54 Å². The van der Waals surface area contributed by atoms with Crippen molar-refractivity contribution in [1.29, 1.82) is 0 Å². The highest BCUT2D eigenvalue weighted by Crippen LogP contribution is 2.35. The lowest BCUT2D eigenvalue weighted by Crippen LogP contribution is -2.36. The fourth-order valence-electron chi connectivity index (χ4n) is 3.89. The van der Waals surface area contributed by atoms with Crippen LogP contribution in [0.5, 0.6) is 0 Å². The number of hydrogen-bond donors (Lipinski definition) is 1. The highest BCUT2D eigenvalue weighted by Gasteiger charge is 2.36. The molecule has 1 saturated heterocycles. The van der Waals surface area contributed by atoms with Crippen molar-refractivity contribution in [2.75, 3.05) is 11.9 Å². The summed E-state index contributed by atoms with van der Waals surface area (Å²) < 4.78 is 2.06. The first-order chi connectivity index (χ1) is 14.7. The first-order valence-corrected chi connectivity index (χ1v) is 10.7. The molecule has 158 valence electrons. The normalized spacial score (nSPS) is 15.4. The van der Waals surface area contributed by atoms with Crippen LogP contribution in [0.1, 0.15) is 22.4 Å². The van der Waals surface area contributed by atoms with E-state index >= 15 is 0 Å². The number of nitrogens with zero attached hydrogens (tertiary/aromatic N) is 2. The third-order valence-electron chi connectivity index (χ3n) is 5.40. The zero-order valence-corrected chi connectivity index (χ0v) is 18.7. The number of para-hydroxylation sites is 1. The average molecular weight is 434 g/mol. The largest absolute Gasteiger partial charge is 0.347 e. The van der Waals surface area contributed by atoms with Gasteiger partial charge < -0.3 is 9.88 Å². The summed E-state index contributed by atoms with van der Waals surface area (Å²) in [5.41, 5.74) is 5.66. The molecular formula is C24H23N3O3S. The predicted molar refractivity (Wildman–Crippen MR) is 125 cm³/mol. The maximum Gasteiger partial charge on any atom is 0.294 e. The van der Waals surface area contributed by atoms with Gasteiger partial charge in [-0.3, -0.25) is 19.3 Å². The second-order valence-electron chi connectivity index (χ2n) is 7.77. The lowest BCUT2D eigenvalue weighted by atomic mass is 10.1. The number of benzene rings is 2. The van der Waals surface area contributed by atoms with E-state index in [1.165, 1.54) is 0 Å². The first kappa shape index (κ1) is 20.9. The standard InChI is InChI=1S/C24H23N3O3S/c1-14-9-15(2)11-17(10-14)25-22(28)13-27-23(29)21(31-24(27)30)12-19-16(3)26(4)20-8-6-5-7-18(19)20/h5-12H,13H2,1-4H3,(H,25,28)/b21-12-. The van der Waals surface area contributed by atoms with E-state index in [0.29, 0.717) is 10.6 Å². The van der Waals surface area contributed by atoms with Crippen molar-refractivity contribution in [2.24, 2.45) is 7.05 Å². The Morgan fingerprint density at radius 1 is 1.06 bits per heavy atom. The number of aryl methyl sites for hydroxylation is 3. The number of hydrogen-bond acceptors (Lipinski definition) is 4. The molecule has 0 bridgehead atoms. The van der Waals surface area contributed by atoms with Gasteiger partial charge in [0.15, 0.2) is 0 Å². The Labute approximate surface area is 184 Å². The highest BCUT2D eigenvalue weighted by molar-refractivity contribution is 8.18. The van der Waals surface area contributed by atoms with Crippen LogP contribution >= 0.6 is 11.8 Å². The van der Waals surface area contributed by atoms with Crippen LogP contribution < -0.4 is 5.32 Å². The van der Waals surface area contributed by atoms with Gasteiger partial charge in [-0.05, 0) is 67.9 Å². The summed E-state index contributed by atoms with van der Waals surface area (Å²) in [6.07, 6.45) is 1.75. The van der Waals surface area contributed by atoms with E-state index in [4.69, 9.17) is 0 Å². The number of carbonyl (C=O) groups excluding carboxylic acids is 3. The Morgan fingerprint density at radius 3 is 2.45 bits per heavy atom. The molecule has 1 aliphatic heterocycles. The molecule has 0 radical (unpaired) electrons. The number of aromatic nitrogens is 1. The van der Waals surface area contributed by atoms with Gasteiger partial charge in [-0.1, -0.05) is 24.3 Å². The molecule has 7 heteroatoms. The van der Waals surface area contributed by atoms with Crippen molar-refractivity contribution in [2.45, 2.75) is 20.8 Å². The average Bonchev–Trinajstić information content (AvgIpc) is 3.10. The summed E-state index contributed by atoms with van der Waals surface area (Å²) in [5, 5.41) is 3.35. The lowest BCUT2D eigenvalue weighted by Gasteiger charge is -2.13. The molecule has 31 heavy (non-hydrogen) atoms. The molecule has 0 saturated carbocycles. The van der Waals surface area contributed by atoms with Gasteiger partial charge in [0, 0.05) is 34.9 Å². The van der Waals surface area contributed by atoms with Crippen molar-refractivity contribution in [3.05, 3.63) is 69.8 Å². The zero-order valence-electron chi connectivity index (χ0n) is 17.9. The van der Waals surface area contributed by atoms with Crippen LogP contribution in [-0.4, -0.2) is 33.1 Å². The van der Waals surface area contributed by atoms with Crippen LogP contribution in [0.25, 0.3) is 17.0 Å². The summed E-state index contributed by atoms with van der Waals surface area (Å²) in [6.45, 7) is 5.55. The fourth-order valence-corrected chi connectivity index (χ4v) is 4.71. The summed E-state index contributed by atoms with van der Waals surface area (Å²) in [5.74, 6) is -0.854. The molecule has 2 heterocycles. The second kappa shape index (κ2) is 8.07. The summed E-state index contributed by atoms with van der Waals surface area (Å²) in [7, 11) is 1.97. The minimum absolute atomic E-state index is 0.316. The molecule has 0 aliphatic carbocycles. The van der Waals surface area contributed by atoms with Crippen molar-refractivity contribution in [1.82, 2.24) is 9.47 Å². The van der Waals surface area contributed by atoms with Crippen LogP contribution in [0.2, 0.25) is 0 Å². The smallest absolute Gasteiger partial charge is 0.294 e. The maximum atomic E-state index is 12.9. The van der Waals surface area contributed by atoms with Crippen LogP contribution in [0.15, 0.2) is 47.4 Å². The van der Waals surface area contributed by atoms with Crippen LogP contribution in [0.4, 0.5) is 10.5 Å². The number of anilines is 1. The molecule has 6 nitrogen and oxygen atoms in total. The third kappa shape index (κ3) is 4.01. The minimum atomic E-state index is -0.446. The number of imide groups is 1. The molecule has 4 rings (SSSR count). The van der Waals surface area contributed by atoms with E-state index in [1.807, 2.05) is 70.3 Å². The molecule has 0 spiro atoms. The molecule has 1 fully saturated rings. The van der Waals surface area contributed by atoms with Crippen LogP contribution in [0, 0.1) is 20.8 Å². The predicted octanol–water partition coefficient (Wildman–Crippen LogP) is 4.78. The Morgan fingerprint density at radius 2 is 1.74 bits per heavy atom. The van der Waals surface area contributed by atoms with Crippen LogP contribution in [0.3, 0.4) is 0 Å². The Hall–Kier alpha value is -3.32. The Kier molecular flexibility index (Phi) is 5.45. The van der Waals surface area contributed by atoms with Crippen molar-refractivity contribution in [3.8, 4) is 0 Å². The zero-order chi connectivity index (χ0) is 22.3. The van der Waals surface area contributed by atoms with Gasteiger partial charge in [0.2, 0.25) is 5.91 Å². The Bertz CT molecular complexity index is 1250. The maximum absolute atomic E-state index is 12.9. The monoisotopic (exact) mass is 433 g/mol. The second-order valence-corrected chi connectivity index (χ2v) is 8.76. The van der Waals surface area contributed by atoms with E-state index in [2.05, 4.69) is 9.88 Å². The van der Waals surface area contributed by atoms with E-state index < -0.39 is 17.1 Å². The van der Waals surface area contributed by atoms with Gasteiger partial charge in [-0.15, -0.1) is 0 Å². The van der Waals surface area contributed by atoms with Crippen molar-refractivity contribution < 1.29 is 14.4 Å². The van der Waals surface area contributed by atoms with Crippen molar-refractivity contribution >= 4 is 51.5 Å². The van der Waals surface area contributed by atoms with Gasteiger partial charge >= 0.3 is 0 Å². The summed E-state index contributed by atoms with van der Waals surface area (Å²) >= 11 is 0.866. The highest BCUT2D eigenvalue weighted by atomic mass is 32.2. The molecule has 3 aromatic rings. The minimum Gasteiger partial charge on any atom is -0.347 e. The summed E-state index contributed by atoms with van der Waals surface area (Å²) in [4.78, 5) is 39.2. The van der Waals surface area contributed by atoms with Crippen LogP contribution in [-0.2, 0) is 16.6 Å². The first-order valence-electron chi connectivity index (χ1n) is 9.92. The SMILES string of the molecule is Cc1cc(C)cc(NC(=O)CN2C(=O)S/C(=C\c3c(C)n(C)c4ccccc34)C2=O)c1. The number of fused-ring (bicyclic) bond motifs is 1. The van der Waals surface area contributed by atoms with Gasteiger partial charge in [-0.2, -0.15) is 0 Å². The molecule has 3 amide bonds. The lowest BCUT2D eigenvalue weighted by molar-refractivity contribution is -0.127. The van der Waals surface area contributed by atoms with E-state index in [1.54, 1.807) is 6.08 Å². The van der Waals surface area contributed by atoms with E-state index in [-0.39, 0.29) is 6.54 Å².